The highest BCUT2D eigenvalue weighted by Gasteiger charge is 2.23. The zero-order chi connectivity index (χ0) is 11.0. The molecule has 1 aromatic rings. The lowest BCUT2D eigenvalue weighted by molar-refractivity contribution is -0.129. The summed E-state index contributed by atoms with van der Waals surface area (Å²) < 4.78 is 26.7. The third-order valence-corrected chi connectivity index (χ3v) is 2.74. The second-order valence-corrected chi connectivity index (χ2v) is 3.68. The Balaban J connectivity index is 2.41. The molecule has 1 heterocycles. The number of hydrogen-bond acceptors (Lipinski definition) is 1. The van der Waals surface area contributed by atoms with Gasteiger partial charge in [-0.3, -0.25) is 4.79 Å². The van der Waals surface area contributed by atoms with Crippen LogP contribution in [-0.4, -0.2) is 17.4 Å². The van der Waals surface area contributed by atoms with Crippen molar-refractivity contribution in [3.63, 3.8) is 0 Å². The first kappa shape index (κ1) is 10.1. The van der Waals surface area contributed by atoms with Gasteiger partial charge in [0.1, 0.15) is 11.6 Å². The number of hydrogen-bond donors (Lipinski definition) is 0. The number of halogens is 2. The van der Waals surface area contributed by atoms with E-state index in [1.165, 1.54) is 11.8 Å². The molecule has 4 heteroatoms. The summed E-state index contributed by atoms with van der Waals surface area (Å²) >= 11 is 0. The Bertz CT molecular complexity index is 417. The van der Waals surface area contributed by atoms with Crippen LogP contribution in [0.4, 0.5) is 8.78 Å². The molecule has 0 aliphatic carbocycles. The Morgan fingerprint density at radius 2 is 1.87 bits per heavy atom. The predicted molar refractivity (Wildman–Crippen MR) is 51.2 cm³/mol. The van der Waals surface area contributed by atoms with Crippen molar-refractivity contribution in [2.75, 3.05) is 6.54 Å². The van der Waals surface area contributed by atoms with Crippen LogP contribution in [-0.2, 0) is 17.8 Å². The van der Waals surface area contributed by atoms with Crippen molar-refractivity contribution in [3.05, 3.63) is 34.9 Å². The Morgan fingerprint density at radius 1 is 1.27 bits per heavy atom. The SMILES string of the molecule is CC(=O)N1CCc2c(F)ccc(F)c2C1. The fourth-order valence-electron chi connectivity index (χ4n) is 1.86. The summed E-state index contributed by atoms with van der Waals surface area (Å²) in [5.41, 5.74) is 0.726. The minimum absolute atomic E-state index is 0.107. The van der Waals surface area contributed by atoms with E-state index in [4.69, 9.17) is 0 Å². The molecule has 1 aliphatic rings. The smallest absolute Gasteiger partial charge is 0.219 e. The molecule has 2 nitrogen and oxygen atoms in total. The van der Waals surface area contributed by atoms with Gasteiger partial charge in [-0.25, -0.2) is 8.78 Å². The van der Waals surface area contributed by atoms with Gasteiger partial charge in [-0.15, -0.1) is 0 Å². The van der Waals surface area contributed by atoms with E-state index in [1.54, 1.807) is 0 Å². The van der Waals surface area contributed by atoms with Crippen molar-refractivity contribution in [3.8, 4) is 0 Å². The van der Waals surface area contributed by atoms with Crippen LogP contribution in [0.2, 0.25) is 0 Å². The summed E-state index contributed by atoms with van der Waals surface area (Å²) in [7, 11) is 0. The van der Waals surface area contributed by atoms with Gasteiger partial charge in [0.05, 0.1) is 0 Å². The fourth-order valence-corrected chi connectivity index (χ4v) is 1.86. The lowest BCUT2D eigenvalue weighted by atomic mass is 9.98. The third-order valence-electron chi connectivity index (χ3n) is 2.74. The Morgan fingerprint density at radius 3 is 2.47 bits per heavy atom. The molecule has 0 aromatic heterocycles. The number of benzene rings is 1. The lowest BCUT2D eigenvalue weighted by Crippen LogP contribution is -2.35. The van der Waals surface area contributed by atoms with E-state index in [-0.39, 0.29) is 18.3 Å². The normalized spacial score (nSPS) is 15.0. The molecule has 15 heavy (non-hydrogen) atoms. The van der Waals surface area contributed by atoms with Crippen molar-refractivity contribution >= 4 is 5.91 Å². The van der Waals surface area contributed by atoms with E-state index in [1.807, 2.05) is 0 Å². The molecule has 0 saturated heterocycles. The summed E-state index contributed by atoms with van der Waals surface area (Å²) in [6.45, 7) is 2.07. The van der Waals surface area contributed by atoms with Crippen LogP contribution in [0.15, 0.2) is 12.1 Å². The molecule has 0 atom stereocenters. The highest BCUT2D eigenvalue weighted by molar-refractivity contribution is 5.73. The highest BCUT2D eigenvalue weighted by atomic mass is 19.1. The molecule has 80 valence electrons. The topological polar surface area (TPSA) is 20.3 Å². The average Bonchev–Trinajstić information content (AvgIpc) is 2.23. The quantitative estimate of drug-likeness (QED) is 0.641. The van der Waals surface area contributed by atoms with E-state index in [0.717, 1.165) is 12.1 Å². The van der Waals surface area contributed by atoms with Crippen LogP contribution in [0.5, 0.6) is 0 Å². The molecule has 0 unspecified atom stereocenters. The Hall–Kier alpha value is -1.45. The molecule has 2 rings (SSSR count). The monoisotopic (exact) mass is 211 g/mol. The van der Waals surface area contributed by atoms with Crippen LogP contribution < -0.4 is 0 Å². The van der Waals surface area contributed by atoms with Crippen LogP contribution in [0, 0.1) is 11.6 Å². The molecule has 0 fully saturated rings. The maximum atomic E-state index is 13.4. The predicted octanol–water partition coefficient (Wildman–Crippen LogP) is 1.87. The van der Waals surface area contributed by atoms with Gasteiger partial charge >= 0.3 is 0 Å². The number of amides is 1. The van der Waals surface area contributed by atoms with Crippen LogP contribution in [0.3, 0.4) is 0 Å². The second kappa shape index (κ2) is 3.61. The zero-order valence-electron chi connectivity index (χ0n) is 8.39. The fraction of sp³-hybridized carbons (Fsp3) is 0.364. The largest absolute Gasteiger partial charge is 0.338 e. The summed E-state index contributed by atoms with van der Waals surface area (Å²) in [6.07, 6.45) is 0.387. The first-order valence-corrected chi connectivity index (χ1v) is 4.81. The number of carbonyl (C=O) groups excluding carboxylic acids is 1. The zero-order valence-corrected chi connectivity index (χ0v) is 8.39. The van der Waals surface area contributed by atoms with Gasteiger partial charge < -0.3 is 4.90 Å². The van der Waals surface area contributed by atoms with E-state index >= 15 is 0 Å². The van der Waals surface area contributed by atoms with Gasteiger partial charge in [0.25, 0.3) is 0 Å². The molecular weight excluding hydrogens is 200 g/mol. The highest BCUT2D eigenvalue weighted by Crippen LogP contribution is 2.24. The Labute approximate surface area is 86.5 Å². The van der Waals surface area contributed by atoms with Crippen molar-refractivity contribution in [2.24, 2.45) is 0 Å². The maximum absolute atomic E-state index is 13.4. The number of nitrogens with zero attached hydrogens (tertiary/aromatic N) is 1. The number of rotatable bonds is 0. The standard InChI is InChI=1S/C11H11F2NO/c1-7(15)14-5-4-8-9(6-14)11(13)3-2-10(8)12/h2-3H,4-6H2,1H3. The summed E-state index contributed by atoms with van der Waals surface area (Å²) in [5.74, 6) is -0.920. The molecule has 0 saturated carbocycles. The minimum Gasteiger partial charge on any atom is -0.338 e. The van der Waals surface area contributed by atoms with Gasteiger partial charge in [0.15, 0.2) is 0 Å². The van der Waals surface area contributed by atoms with Gasteiger partial charge in [0.2, 0.25) is 5.91 Å². The van der Waals surface area contributed by atoms with E-state index in [9.17, 15) is 13.6 Å². The van der Waals surface area contributed by atoms with E-state index in [0.29, 0.717) is 24.1 Å². The van der Waals surface area contributed by atoms with Crippen molar-refractivity contribution in [1.82, 2.24) is 4.90 Å². The molecule has 0 radical (unpaired) electrons. The van der Waals surface area contributed by atoms with Crippen LogP contribution >= 0.6 is 0 Å². The third kappa shape index (κ3) is 1.71. The van der Waals surface area contributed by atoms with Gasteiger partial charge in [-0.05, 0) is 24.1 Å². The minimum atomic E-state index is -0.433. The van der Waals surface area contributed by atoms with E-state index < -0.39 is 5.82 Å². The van der Waals surface area contributed by atoms with Crippen LogP contribution in [0.25, 0.3) is 0 Å². The van der Waals surface area contributed by atoms with Gasteiger partial charge in [0, 0.05) is 25.6 Å². The molecule has 1 aliphatic heterocycles. The summed E-state index contributed by atoms with van der Waals surface area (Å²) in [4.78, 5) is 12.6. The number of fused-ring (bicyclic) bond motifs is 1. The molecule has 0 N–H and O–H groups in total. The summed E-state index contributed by atoms with van der Waals surface area (Å²) in [5, 5.41) is 0. The van der Waals surface area contributed by atoms with Gasteiger partial charge in [-0.1, -0.05) is 0 Å². The first-order chi connectivity index (χ1) is 7.09. The van der Waals surface area contributed by atoms with Crippen molar-refractivity contribution in [1.29, 1.82) is 0 Å². The average molecular weight is 211 g/mol. The van der Waals surface area contributed by atoms with Crippen molar-refractivity contribution in [2.45, 2.75) is 19.9 Å². The molecule has 1 aromatic carbocycles. The van der Waals surface area contributed by atoms with Crippen molar-refractivity contribution < 1.29 is 13.6 Å². The van der Waals surface area contributed by atoms with Crippen LogP contribution in [0.1, 0.15) is 18.1 Å². The number of carbonyl (C=O) groups is 1. The lowest BCUT2D eigenvalue weighted by Gasteiger charge is -2.28. The first-order valence-electron chi connectivity index (χ1n) is 4.81. The second-order valence-electron chi connectivity index (χ2n) is 3.68. The molecule has 0 bridgehead atoms. The molecular formula is C11H11F2NO. The maximum Gasteiger partial charge on any atom is 0.219 e. The Kier molecular flexibility index (Phi) is 2.42. The van der Waals surface area contributed by atoms with Gasteiger partial charge in [-0.2, -0.15) is 0 Å². The van der Waals surface area contributed by atoms with E-state index in [2.05, 4.69) is 0 Å². The molecule has 1 amide bonds. The summed E-state index contributed by atoms with van der Waals surface area (Å²) in [6, 6.07) is 2.25. The molecule has 0 spiro atoms.